The molecular weight excluding hydrogens is 394 g/mol. The van der Waals surface area contributed by atoms with E-state index < -0.39 is 0 Å². The van der Waals surface area contributed by atoms with Crippen LogP contribution in [0.25, 0.3) is 66.4 Å². The zero-order valence-electron chi connectivity index (χ0n) is 17.1. The van der Waals surface area contributed by atoms with Gasteiger partial charge in [-0.05, 0) is 56.6 Å². The third-order valence-corrected chi connectivity index (χ3v) is 6.25. The van der Waals surface area contributed by atoms with Crippen LogP contribution in [0.15, 0.2) is 112 Å². The Balaban J connectivity index is 1.50. The summed E-state index contributed by atoms with van der Waals surface area (Å²) in [6, 6.07) is 31.3. The lowest BCUT2D eigenvalue weighted by Crippen LogP contribution is -1.89. The quantitative estimate of drug-likeness (QED) is 0.275. The van der Waals surface area contributed by atoms with E-state index in [2.05, 4.69) is 53.5 Å². The molecule has 0 atom stereocenters. The molecule has 150 valence electrons. The first-order valence-electron chi connectivity index (χ1n) is 10.6. The topological polar surface area (TPSA) is 39.2 Å². The van der Waals surface area contributed by atoms with Gasteiger partial charge in [0.05, 0.1) is 12.5 Å². The molecule has 0 aliphatic rings. The fourth-order valence-corrected chi connectivity index (χ4v) is 4.77. The third kappa shape index (κ3) is 2.45. The van der Waals surface area contributed by atoms with Crippen LogP contribution in [0.5, 0.6) is 0 Å². The van der Waals surface area contributed by atoms with Crippen LogP contribution < -0.4 is 0 Å². The van der Waals surface area contributed by atoms with E-state index in [1.807, 2.05) is 42.5 Å². The fraction of sp³-hybridized carbons (Fsp3) is 0. The lowest BCUT2D eigenvalue weighted by atomic mass is 9.89. The maximum atomic E-state index is 6.20. The molecule has 0 amide bonds. The maximum Gasteiger partial charge on any atom is 0.227 e. The van der Waals surface area contributed by atoms with E-state index in [9.17, 15) is 0 Å². The maximum absolute atomic E-state index is 6.20. The van der Waals surface area contributed by atoms with Gasteiger partial charge in [0.15, 0.2) is 5.76 Å². The Labute approximate surface area is 183 Å². The van der Waals surface area contributed by atoms with E-state index in [0.29, 0.717) is 5.89 Å². The van der Waals surface area contributed by atoms with Crippen molar-refractivity contribution in [1.29, 1.82) is 0 Å². The molecule has 2 aromatic heterocycles. The van der Waals surface area contributed by atoms with Gasteiger partial charge in [-0.15, -0.1) is 0 Å². The Kier molecular flexibility index (Phi) is 3.55. The van der Waals surface area contributed by atoms with Crippen LogP contribution in [0.3, 0.4) is 0 Å². The molecule has 0 unspecified atom stereocenters. The SMILES string of the molecule is c1ccc(-c2cnc(-c3ccc4ccc5c(-c6ccco6)ccc6ccc3c4c65)o2)cc1. The van der Waals surface area contributed by atoms with E-state index in [4.69, 9.17) is 8.83 Å². The predicted molar refractivity (Wildman–Crippen MR) is 129 cm³/mol. The molecule has 3 nitrogen and oxygen atoms in total. The molecule has 5 aromatic carbocycles. The average Bonchev–Trinajstić information content (AvgIpc) is 3.56. The first kappa shape index (κ1) is 17.3. The molecule has 7 aromatic rings. The molecule has 0 bridgehead atoms. The van der Waals surface area contributed by atoms with Crippen molar-refractivity contribution in [3.8, 4) is 34.1 Å². The Hall–Kier alpha value is -4.37. The zero-order valence-corrected chi connectivity index (χ0v) is 17.1. The Morgan fingerprint density at radius 2 is 1.25 bits per heavy atom. The summed E-state index contributed by atoms with van der Waals surface area (Å²) in [6.45, 7) is 0. The van der Waals surface area contributed by atoms with Crippen molar-refractivity contribution in [3.05, 3.63) is 103 Å². The molecule has 0 radical (unpaired) electrons. The normalized spacial score (nSPS) is 11.8. The van der Waals surface area contributed by atoms with Crippen molar-refractivity contribution >= 4 is 32.3 Å². The third-order valence-electron chi connectivity index (χ3n) is 6.25. The Morgan fingerprint density at radius 3 is 1.97 bits per heavy atom. The summed E-state index contributed by atoms with van der Waals surface area (Å²) in [5, 5.41) is 7.20. The standard InChI is InChI=1S/C29H17NO2/c1-2-5-18(6-3-1)26-17-30-29(32-26)24-15-11-20-9-13-22-21(25-7-4-16-31-25)12-8-19-10-14-23(24)28(20)27(19)22/h1-17H. The van der Waals surface area contributed by atoms with Crippen LogP contribution in [-0.4, -0.2) is 4.98 Å². The van der Waals surface area contributed by atoms with Gasteiger partial charge in [0.2, 0.25) is 5.89 Å². The van der Waals surface area contributed by atoms with Crippen molar-refractivity contribution in [2.24, 2.45) is 0 Å². The lowest BCUT2D eigenvalue weighted by Gasteiger charge is -2.14. The highest BCUT2D eigenvalue weighted by Crippen LogP contribution is 2.42. The van der Waals surface area contributed by atoms with Gasteiger partial charge in [-0.3, -0.25) is 0 Å². The molecule has 0 spiro atoms. The second-order valence-electron chi connectivity index (χ2n) is 8.02. The van der Waals surface area contributed by atoms with E-state index in [-0.39, 0.29) is 0 Å². The van der Waals surface area contributed by atoms with E-state index >= 15 is 0 Å². The highest BCUT2D eigenvalue weighted by atomic mass is 16.4. The largest absolute Gasteiger partial charge is 0.464 e. The Bertz CT molecular complexity index is 1710. The molecule has 2 heterocycles. The number of hydrogen-bond acceptors (Lipinski definition) is 3. The minimum Gasteiger partial charge on any atom is -0.464 e. The summed E-state index contributed by atoms with van der Waals surface area (Å²) in [7, 11) is 0. The fourth-order valence-electron chi connectivity index (χ4n) is 4.77. The number of hydrogen-bond donors (Lipinski definition) is 0. The van der Waals surface area contributed by atoms with Crippen LogP contribution in [0.2, 0.25) is 0 Å². The monoisotopic (exact) mass is 411 g/mol. The van der Waals surface area contributed by atoms with Gasteiger partial charge < -0.3 is 8.83 Å². The number of benzene rings is 5. The second kappa shape index (κ2) is 6.56. The predicted octanol–water partition coefficient (Wildman–Crippen LogP) is 8.17. The second-order valence-corrected chi connectivity index (χ2v) is 8.02. The minimum absolute atomic E-state index is 0.632. The van der Waals surface area contributed by atoms with Gasteiger partial charge in [0, 0.05) is 16.7 Å². The van der Waals surface area contributed by atoms with Crippen molar-refractivity contribution in [1.82, 2.24) is 4.98 Å². The first-order valence-corrected chi connectivity index (χ1v) is 10.6. The van der Waals surface area contributed by atoms with Crippen molar-refractivity contribution in [3.63, 3.8) is 0 Å². The van der Waals surface area contributed by atoms with Gasteiger partial charge in [-0.1, -0.05) is 66.7 Å². The van der Waals surface area contributed by atoms with Crippen LogP contribution in [0, 0.1) is 0 Å². The van der Waals surface area contributed by atoms with E-state index in [1.165, 1.54) is 26.9 Å². The van der Waals surface area contributed by atoms with Crippen LogP contribution in [0.1, 0.15) is 0 Å². The number of aromatic nitrogens is 1. The first-order chi connectivity index (χ1) is 15.9. The minimum atomic E-state index is 0.632. The molecular formula is C29H17NO2. The summed E-state index contributed by atoms with van der Waals surface area (Å²) in [4.78, 5) is 4.62. The van der Waals surface area contributed by atoms with E-state index in [1.54, 1.807) is 12.5 Å². The van der Waals surface area contributed by atoms with Crippen LogP contribution >= 0.6 is 0 Å². The molecule has 0 saturated heterocycles. The molecule has 32 heavy (non-hydrogen) atoms. The summed E-state index contributed by atoms with van der Waals surface area (Å²) in [6.07, 6.45) is 3.52. The number of furan rings is 1. The smallest absolute Gasteiger partial charge is 0.227 e. The van der Waals surface area contributed by atoms with Gasteiger partial charge in [0.25, 0.3) is 0 Å². The zero-order chi connectivity index (χ0) is 21.1. The molecule has 7 rings (SSSR count). The number of oxazole rings is 1. The summed E-state index contributed by atoms with van der Waals surface area (Å²) >= 11 is 0. The average molecular weight is 411 g/mol. The van der Waals surface area contributed by atoms with E-state index in [0.717, 1.165) is 33.6 Å². The molecule has 3 heteroatoms. The molecule has 0 fully saturated rings. The van der Waals surface area contributed by atoms with Crippen LogP contribution in [0.4, 0.5) is 0 Å². The van der Waals surface area contributed by atoms with Crippen molar-refractivity contribution in [2.45, 2.75) is 0 Å². The Morgan fingerprint density at radius 1 is 0.562 bits per heavy atom. The number of rotatable bonds is 3. The lowest BCUT2D eigenvalue weighted by molar-refractivity contribution is 0.583. The van der Waals surface area contributed by atoms with Crippen LogP contribution in [-0.2, 0) is 0 Å². The summed E-state index contributed by atoms with van der Waals surface area (Å²) < 4.78 is 11.9. The van der Waals surface area contributed by atoms with Gasteiger partial charge >= 0.3 is 0 Å². The van der Waals surface area contributed by atoms with Crippen molar-refractivity contribution in [2.75, 3.05) is 0 Å². The summed E-state index contributed by atoms with van der Waals surface area (Å²) in [5.41, 5.74) is 3.12. The molecule has 0 saturated carbocycles. The molecule has 0 aliphatic heterocycles. The van der Waals surface area contributed by atoms with Gasteiger partial charge in [-0.2, -0.15) is 0 Å². The highest BCUT2D eigenvalue weighted by Gasteiger charge is 2.17. The summed E-state index contributed by atoms with van der Waals surface area (Å²) in [5.74, 6) is 2.28. The van der Waals surface area contributed by atoms with Crippen molar-refractivity contribution < 1.29 is 8.83 Å². The molecule has 0 aliphatic carbocycles. The van der Waals surface area contributed by atoms with Gasteiger partial charge in [-0.25, -0.2) is 4.98 Å². The van der Waals surface area contributed by atoms with Gasteiger partial charge in [0.1, 0.15) is 5.76 Å². The molecule has 0 N–H and O–H groups in total. The highest BCUT2D eigenvalue weighted by molar-refractivity contribution is 6.27. The number of nitrogens with zero attached hydrogens (tertiary/aromatic N) is 1.